The van der Waals surface area contributed by atoms with Gasteiger partial charge in [-0.1, -0.05) is 13.3 Å². The Labute approximate surface area is 100 Å². The first-order valence-electron chi connectivity index (χ1n) is 6.67. The van der Waals surface area contributed by atoms with Gasteiger partial charge >= 0.3 is 0 Å². The lowest BCUT2D eigenvalue weighted by Gasteiger charge is -2.38. The maximum Gasteiger partial charge on any atom is 0.0593 e. The van der Waals surface area contributed by atoms with Crippen molar-refractivity contribution in [2.45, 2.75) is 45.1 Å². The first-order valence-corrected chi connectivity index (χ1v) is 6.67. The molecule has 0 aromatic rings. The number of nitrogens with zero attached hydrogens (tertiary/aromatic N) is 1. The smallest absolute Gasteiger partial charge is 0.0593 e. The molecule has 96 valence electrons. The summed E-state index contributed by atoms with van der Waals surface area (Å²) in [5.74, 6) is 0.873. The maximum atomic E-state index is 6.01. The predicted octanol–water partition coefficient (Wildman–Crippen LogP) is 1.86. The Balaban J connectivity index is 2.46. The molecule has 2 atom stereocenters. The van der Waals surface area contributed by atoms with E-state index in [0.717, 1.165) is 32.2 Å². The van der Waals surface area contributed by atoms with Gasteiger partial charge in [-0.25, -0.2) is 0 Å². The Bertz CT molecular complexity index is 198. The maximum absolute atomic E-state index is 6.01. The molecule has 16 heavy (non-hydrogen) atoms. The van der Waals surface area contributed by atoms with Crippen LogP contribution in [0, 0.1) is 5.92 Å². The number of ether oxygens (including phenoxy) is 1. The molecule has 2 N–H and O–H groups in total. The van der Waals surface area contributed by atoms with Crippen molar-refractivity contribution < 1.29 is 4.74 Å². The molecule has 2 unspecified atom stereocenters. The molecule has 0 aromatic heterocycles. The van der Waals surface area contributed by atoms with Crippen LogP contribution in [0.15, 0.2) is 0 Å². The summed E-state index contributed by atoms with van der Waals surface area (Å²) in [6, 6.07) is 0. The van der Waals surface area contributed by atoms with Crippen LogP contribution in [0.1, 0.15) is 39.5 Å². The molecule has 0 bridgehead atoms. The van der Waals surface area contributed by atoms with E-state index in [0.29, 0.717) is 0 Å². The third-order valence-corrected chi connectivity index (χ3v) is 4.23. The SMILES string of the molecule is CCOCCN(C)C1(CN)CCC(CC)C1. The average Bonchev–Trinajstić information content (AvgIpc) is 2.74. The number of likely N-dealkylation sites (N-methyl/N-ethyl adjacent to an activating group) is 1. The zero-order chi connectivity index (χ0) is 12.0. The van der Waals surface area contributed by atoms with Crippen molar-refractivity contribution in [3.8, 4) is 0 Å². The molecule has 0 spiro atoms. The van der Waals surface area contributed by atoms with Gasteiger partial charge in [-0.3, -0.25) is 4.90 Å². The van der Waals surface area contributed by atoms with Gasteiger partial charge in [-0.2, -0.15) is 0 Å². The van der Waals surface area contributed by atoms with Gasteiger partial charge in [0.1, 0.15) is 0 Å². The molecule has 1 aliphatic rings. The van der Waals surface area contributed by atoms with Gasteiger partial charge in [0.2, 0.25) is 0 Å². The van der Waals surface area contributed by atoms with E-state index in [4.69, 9.17) is 10.5 Å². The van der Waals surface area contributed by atoms with E-state index >= 15 is 0 Å². The van der Waals surface area contributed by atoms with Crippen LogP contribution in [0.2, 0.25) is 0 Å². The van der Waals surface area contributed by atoms with Crippen molar-refractivity contribution in [2.75, 3.05) is 33.4 Å². The second-order valence-corrected chi connectivity index (χ2v) is 5.06. The van der Waals surface area contributed by atoms with E-state index in [9.17, 15) is 0 Å². The zero-order valence-corrected chi connectivity index (χ0v) is 11.2. The molecule has 0 heterocycles. The lowest BCUT2D eigenvalue weighted by molar-refractivity contribution is 0.0683. The fourth-order valence-electron chi connectivity index (χ4n) is 2.83. The standard InChI is InChI=1S/C13H28N2O/c1-4-12-6-7-13(10-12,11-14)15(3)8-9-16-5-2/h12H,4-11,14H2,1-3H3. The molecule has 3 nitrogen and oxygen atoms in total. The molecule has 1 rings (SSSR count). The Kier molecular flexibility index (Phi) is 5.73. The van der Waals surface area contributed by atoms with Gasteiger partial charge in [0.05, 0.1) is 6.61 Å². The monoisotopic (exact) mass is 228 g/mol. The summed E-state index contributed by atoms with van der Waals surface area (Å²) in [5, 5.41) is 0. The topological polar surface area (TPSA) is 38.5 Å². The van der Waals surface area contributed by atoms with Crippen molar-refractivity contribution in [3.63, 3.8) is 0 Å². The fourth-order valence-corrected chi connectivity index (χ4v) is 2.83. The van der Waals surface area contributed by atoms with Crippen molar-refractivity contribution in [1.29, 1.82) is 0 Å². The highest BCUT2D eigenvalue weighted by atomic mass is 16.5. The lowest BCUT2D eigenvalue weighted by Crippen LogP contribution is -2.51. The van der Waals surface area contributed by atoms with Crippen LogP contribution in [0.25, 0.3) is 0 Å². The van der Waals surface area contributed by atoms with Crippen LogP contribution in [0.4, 0.5) is 0 Å². The zero-order valence-electron chi connectivity index (χ0n) is 11.2. The Morgan fingerprint density at radius 3 is 2.69 bits per heavy atom. The highest BCUT2D eigenvalue weighted by Gasteiger charge is 2.40. The van der Waals surface area contributed by atoms with Gasteiger partial charge in [0.15, 0.2) is 0 Å². The molecule has 0 aliphatic heterocycles. The number of hydrogen-bond acceptors (Lipinski definition) is 3. The van der Waals surface area contributed by atoms with Gasteiger partial charge in [0.25, 0.3) is 0 Å². The second-order valence-electron chi connectivity index (χ2n) is 5.06. The van der Waals surface area contributed by atoms with E-state index < -0.39 is 0 Å². The summed E-state index contributed by atoms with van der Waals surface area (Å²) >= 11 is 0. The summed E-state index contributed by atoms with van der Waals surface area (Å²) < 4.78 is 5.42. The second kappa shape index (κ2) is 6.58. The van der Waals surface area contributed by atoms with Crippen LogP contribution in [-0.4, -0.2) is 43.8 Å². The summed E-state index contributed by atoms with van der Waals surface area (Å²) in [6.45, 7) is 7.75. The van der Waals surface area contributed by atoms with Crippen LogP contribution < -0.4 is 5.73 Å². The fraction of sp³-hybridized carbons (Fsp3) is 1.00. The molecule has 1 aliphatic carbocycles. The van der Waals surface area contributed by atoms with Crippen LogP contribution >= 0.6 is 0 Å². The van der Waals surface area contributed by atoms with E-state index in [2.05, 4.69) is 18.9 Å². The van der Waals surface area contributed by atoms with E-state index in [1.54, 1.807) is 0 Å². The summed E-state index contributed by atoms with van der Waals surface area (Å²) in [7, 11) is 2.20. The van der Waals surface area contributed by atoms with Crippen LogP contribution in [0.3, 0.4) is 0 Å². The lowest BCUT2D eigenvalue weighted by atomic mass is 9.93. The average molecular weight is 228 g/mol. The summed E-state index contributed by atoms with van der Waals surface area (Å²) in [4.78, 5) is 2.43. The third-order valence-electron chi connectivity index (χ3n) is 4.23. The Morgan fingerprint density at radius 2 is 2.19 bits per heavy atom. The van der Waals surface area contributed by atoms with Gasteiger partial charge in [0, 0.05) is 25.2 Å². The molecule has 0 saturated heterocycles. The first kappa shape index (κ1) is 13.9. The molecular formula is C13H28N2O. The Morgan fingerprint density at radius 1 is 1.44 bits per heavy atom. The van der Waals surface area contributed by atoms with Crippen LogP contribution in [0.5, 0.6) is 0 Å². The Hall–Kier alpha value is -0.120. The van der Waals surface area contributed by atoms with E-state index in [1.807, 2.05) is 6.92 Å². The van der Waals surface area contributed by atoms with E-state index in [1.165, 1.54) is 25.7 Å². The number of hydrogen-bond donors (Lipinski definition) is 1. The predicted molar refractivity (Wildman–Crippen MR) is 68.5 cm³/mol. The third kappa shape index (κ3) is 3.19. The molecule has 1 fully saturated rings. The minimum atomic E-state index is 0.248. The summed E-state index contributed by atoms with van der Waals surface area (Å²) in [6.07, 6.45) is 5.15. The minimum absolute atomic E-state index is 0.248. The van der Waals surface area contributed by atoms with Gasteiger partial charge in [-0.15, -0.1) is 0 Å². The molecule has 0 radical (unpaired) electrons. The number of nitrogens with two attached hydrogens (primary N) is 1. The minimum Gasteiger partial charge on any atom is -0.380 e. The molecule has 0 aromatic carbocycles. The first-order chi connectivity index (χ1) is 7.68. The molecular weight excluding hydrogens is 200 g/mol. The largest absolute Gasteiger partial charge is 0.380 e. The number of rotatable bonds is 7. The van der Waals surface area contributed by atoms with Crippen molar-refractivity contribution in [2.24, 2.45) is 11.7 Å². The highest BCUT2D eigenvalue weighted by molar-refractivity contribution is 4.97. The quantitative estimate of drug-likeness (QED) is 0.676. The molecule has 0 amide bonds. The van der Waals surface area contributed by atoms with Crippen LogP contribution in [-0.2, 0) is 4.74 Å². The van der Waals surface area contributed by atoms with E-state index in [-0.39, 0.29) is 5.54 Å². The summed E-state index contributed by atoms with van der Waals surface area (Å²) in [5.41, 5.74) is 6.26. The van der Waals surface area contributed by atoms with Gasteiger partial charge in [-0.05, 0) is 39.2 Å². The molecule has 3 heteroatoms. The van der Waals surface area contributed by atoms with Crippen molar-refractivity contribution >= 4 is 0 Å². The molecule has 1 saturated carbocycles. The highest BCUT2D eigenvalue weighted by Crippen LogP contribution is 2.39. The van der Waals surface area contributed by atoms with Gasteiger partial charge < -0.3 is 10.5 Å². The van der Waals surface area contributed by atoms with Crippen molar-refractivity contribution in [1.82, 2.24) is 4.90 Å². The normalized spacial score (nSPS) is 30.2. The van der Waals surface area contributed by atoms with Crippen molar-refractivity contribution in [3.05, 3.63) is 0 Å².